The van der Waals surface area contributed by atoms with Crippen LogP contribution < -0.4 is 5.73 Å². The Balaban J connectivity index is 2.50. The van der Waals surface area contributed by atoms with Crippen LogP contribution in [0.15, 0.2) is 0 Å². The zero-order valence-corrected chi connectivity index (χ0v) is 10.5. The van der Waals surface area contributed by atoms with Crippen LogP contribution >= 0.6 is 15.9 Å². The molecule has 0 saturated carbocycles. The molecular weight excluding hydrogens is 244 g/mol. The number of nitrogens with zero attached hydrogens (tertiary/aromatic N) is 1. The fourth-order valence-electron chi connectivity index (χ4n) is 1.69. The minimum absolute atomic E-state index is 0.0386. The Labute approximate surface area is 94.1 Å². The second-order valence-electron chi connectivity index (χ2n) is 4.87. The molecule has 82 valence electrons. The van der Waals surface area contributed by atoms with Crippen molar-refractivity contribution in [1.29, 1.82) is 0 Å². The van der Waals surface area contributed by atoms with Gasteiger partial charge in [0.2, 0.25) is 5.91 Å². The van der Waals surface area contributed by atoms with Crippen LogP contribution in [0.4, 0.5) is 0 Å². The largest absolute Gasteiger partial charge is 0.342 e. The first kappa shape index (κ1) is 12.0. The molecule has 1 aliphatic heterocycles. The molecule has 1 aliphatic rings. The summed E-state index contributed by atoms with van der Waals surface area (Å²) in [6.45, 7) is 6.48. The van der Waals surface area contributed by atoms with Gasteiger partial charge >= 0.3 is 0 Å². The van der Waals surface area contributed by atoms with Crippen molar-refractivity contribution in [2.24, 2.45) is 17.1 Å². The van der Waals surface area contributed by atoms with Gasteiger partial charge in [-0.1, -0.05) is 29.8 Å². The summed E-state index contributed by atoms with van der Waals surface area (Å²) in [7, 11) is 0. The van der Waals surface area contributed by atoms with Crippen LogP contribution in [0.2, 0.25) is 0 Å². The lowest BCUT2D eigenvalue weighted by Gasteiger charge is -2.28. The summed E-state index contributed by atoms with van der Waals surface area (Å²) in [5.74, 6) is 0.757. The summed E-state index contributed by atoms with van der Waals surface area (Å²) >= 11 is 3.42. The lowest BCUT2D eigenvalue weighted by molar-refractivity contribution is -0.128. The molecule has 0 aromatic rings. The highest BCUT2D eigenvalue weighted by atomic mass is 79.9. The van der Waals surface area contributed by atoms with Gasteiger partial charge in [0.15, 0.2) is 0 Å². The van der Waals surface area contributed by atoms with Crippen molar-refractivity contribution in [2.75, 3.05) is 25.0 Å². The van der Waals surface area contributed by atoms with Crippen LogP contribution in [0.25, 0.3) is 0 Å². The third kappa shape index (κ3) is 2.95. The van der Waals surface area contributed by atoms with Crippen LogP contribution in [0.1, 0.15) is 20.3 Å². The minimum atomic E-state index is 0.0386. The SMILES string of the molecule is CC(C)(CN)CN1CC(CBr)CC1=O. The average Bonchev–Trinajstić information content (AvgIpc) is 2.47. The predicted octanol–water partition coefficient (Wildman–Crippen LogP) is 1.21. The molecule has 1 heterocycles. The Hall–Kier alpha value is -0.0900. The Kier molecular flexibility index (Phi) is 3.95. The highest BCUT2D eigenvalue weighted by Crippen LogP contribution is 2.24. The highest BCUT2D eigenvalue weighted by Gasteiger charge is 2.32. The summed E-state index contributed by atoms with van der Waals surface area (Å²) in [5.41, 5.74) is 5.69. The maximum atomic E-state index is 11.6. The van der Waals surface area contributed by atoms with Gasteiger partial charge in [-0.25, -0.2) is 0 Å². The molecule has 0 aliphatic carbocycles. The van der Waals surface area contributed by atoms with Crippen molar-refractivity contribution in [2.45, 2.75) is 20.3 Å². The van der Waals surface area contributed by atoms with Gasteiger partial charge in [0.25, 0.3) is 0 Å². The second kappa shape index (κ2) is 4.62. The van der Waals surface area contributed by atoms with Gasteiger partial charge < -0.3 is 10.6 Å². The van der Waals surface area contributed by atoms with Crippen LogP contribution in [0.3, 0.4) is 0 Å². The van der Waals surface area contributed by atoms with Crippen LogP contribution in [-0.2, 0) is 4.79 Å². The van der Waals surface area contributed by atoms with Crippen LogP contribution in [0.5, 0.6) is 0 Å². The maximum Gasteiger partial charge on any atom is 0.222 e. The van der Waals surface area contributed by atoms with Crippen molar-refractivity contribution in [1.82, 2.24) is 4.90 Å². The van der Waals surface area contributed by atoms with E-state index in [0.717, 1.165) is 18.4 Å². The van der Waals surface area contributed by atoms with Gasteiger partial charge in [0.1, 0.15) is 0 Å². The average molecular weight is 263 g/mol. The fraction of sp³-hybridized carbons (Fsp3) is 0.900. The van der Waals surface area contributed by atoms with Crippen LogP contribution in [-0.4, -0.2) is 35.8 Å². The summed E-state index contributed by atoms with van der Waals surface area (Å²) < 4.78 is 0. The molecule has 2 N–H and O–H groups in total. The molecule has 1 fully saturated rings. The summed E-state index contributed by atoms with van der Waals surface area (Å²) in [4.78, 5) is 13.5. The predicted molar refractivity (Wildman–Crippen MR) is 61.3 cm³/mol. The number of nitrogens with two attached hydrogens (primary N) is 1. The molecule has 0 spiro atoms. The molecule has 14 heavy (non-hydrogen) atoms. The van der Waals surface area contributed by atoms with E-state index in [-0.39, 0.29) is 11.3 Å². The molecule has 1 unspecified atom stereocenters. The minimum Gasteiger partial charge on any atom is -0.342 e. The van der Waals surface area contributed by atoms with E-state index in [0.29, 0.717) is 18.9 Å². The quantitative estimate of drug-likeness (QED) is 0.775. The number of hydrogen-bond acceptors (Lipinski definition) is 2. The lowest BCUT2D eigenvalue weighted by atomic mass is 9.93. The third-order valence-electron chi connectivity index (χ3n) is 2.68. The summed E-state index contributed by atoms with van der Waals surface area (Å²) in [6.07, 6.45) is 0.686. The molecule has 0 radical (unpaired) electrons. The number of alkyl halides is 1. The maximum absolute atomic E-state index is 11.6. The van der Waals surface area contributed by atoms with E-state index in [1.54, 1.807) is 0 Å². The van der Waals surface area contributed by atoms with E-state index in [1.165, 1.54) is 0 Å². The van der Waals surface area contributed by atoms with Crippen molar-refractivity contribution < 1.29 is 4.79 Å². The van der Waals surface area contributed by atoms with E-state index >= 15 is 0 Å². The molecule has 0 aromatic carbocycles. The summed E-state index contributed by atoms with van der Waals surface area (Å²) in [6, 6.07) is 0. The van der Waals surface area contributed by atoms with Crippen molar-refractivity contribution in [3.63, 3.8) is 0 Å². The molecule has 0 aromatic heterocycles. The van der Waals surface area contributed by atoms with Crippen molar-refractivity contribution in [3.05, 3.63) is 0 Å². The molecule has 4 heteroatoms. The molecule has 0 bridgehead atoms. The topological polar surface area (TPSA) is 46.3 Å². The molecule has 3 nitrogen and oxygen atoms in total. The standard InChI is InChI=1S/C10H19BrN2O/c1-10(2,6-12)7-13-5-8(4-11)3-9(13)14/h8H,3-7,12H2,1-2H3. The number of rotatable bonds is 4. The van der Waals surface area contributed by atoms with E-state index in [1.807, 2.05) is 4.90 Å². The van der Waals surface area contributed by atoms with Gasteiger partial charge in [-0.3, -0.25) is 4.79 Å². The van der Waals surface area contributed by atoms with E-state index in [4.69, 9.17) is 5.73 Å². The number of amides is 1. The number of halogens is 1. The fourth-order valence-corrected chi connectivity index (χ4v) is 2.13. The van der Waals surface area contributed by atoms with E-state index in [9.17, 15) is 4.79 Å². The molecule has 1 saturated heterocycles. The Morgan fingerprint density at radius 2 is 2.29 bits per heavy atom. The second-order valence-corrected chi connectivity index (χ2v) is 5.51. The monoisotopic (exact) mass is 262 g/mol. The van der Waals surface area contributed by atoms with Crippen molar-refractivity contribution in [3.8, 4) is 0 Å². The Morgan fingerprint density at radius 1 is 1.64 bits per heavy atom. The first-order valence-electron chi connectivity index (χ1n) is 5.02. The third-order valence-corrected chi connectivity index (χ3v) is 3.60. The molecular formula is C10H19BrN2O. The van der Waals surface area contributed by atoms with E-state index in [2.05, 4.69) is 29.8 Å². The first-order chi connectivity index (χ1) is 6.48. The van der Waals surface area contributed by atoms with Gasteiger partial charge in [-0.05, 0) is 17.9 Å². The van der Waals surface area contributed by atoms with Gasteiger partial charge in [0, 0.05) is 24.8 Å². The van der Waals surface area contributed by atoms with E-state index < -0.39 is 0 Å². The molecule has 1 amide bonds. The number of carbonyl (C=O) groups is 1. The molecule has 1 rings (SSSR count). The Bertz CT molecular complexity index is 218. The highest BCUT2D eigenvalue weighted by molar-refractivity contribution is 9.09. The van der Waals surface area contributed by atoms with Gasteiger partial charge in [-0.2, -0.15) is 0 Å². The van der Waals surface area contributed by atoms with Crippen LogP contribution in [0, 0.1) is 11.3 Å². The smallest absolute Gasteiger partial charge is 0.222 e. The number of likely N-dealkylation sites (tertiary alicyclic amines) is 1. The Morgan fingerprint density at radius 3 is 2.71 bits per heavy atom. The van der Waals surface area contributed by atoms with Crippen molar-refractivity contribution >= 4 is 21.8 Å². The summed E-state index contributed by atoms with van der Waals surface area (Å²) in [5, 5.41) is 0.915. The van der Waals surface area contributed by atoms with Gasteiger partial charge in [-0.15, -0.1) is 0 Å². The van der Waals surface area contributed by atoms with Gasteiger partial charge in [0.05, 0.1) is 0 Å². The normalized spacial score (nSPS) is 23.3. The lowest BCUT2D eigenvalue weighted by Crippen LogP contribution is -2.39. The zero-order chi connectivity index (χ0) is 10.8. The zero-order valence-electron chi connectivity index (χ0n) is 8.92. The molecule has 1 atom stereocenters. The number of hydrogen-bond donors (Lipinski definition) is 1. The first-order valence-corrected chi connectivity index (χ1v) is 6.14. The number of carbonyl (C=O) groups excluding carboxylic acids is 1.